The van der Waals surface area contributed by atoms with E-state index in [1.807, 2.05) is 74.5 Å². The molecule has 4 aromatic carbocycles. The van der Waals surface area contributed by atoms with Gasteiger partial charge in [-0.3, -0.25) is 9.59 Å². The first kappa shape index (κ1) is 19.5. The van der Waals surface area contributed by atoms with E-state index in [-0.39, 0.29) is 10.9 Å². The molecule has 2 heterocycles. The molecule has 0 saturated carbocycles. The molecule has 0 saturated heterocycles. The Balaban J connectivity index is 1.79. The van der Waals surface area contributed by atoms with Crippen LogP contribution in [0.1, 0.15) is 16.7 Å². The van der Waals surface area contributed by atoms with E-state index >= 15 is 0 Å². The van der Waals surface area contributed by atoms with Gasteiger partial charge in [-0.1, -0.05) is 42.5 Å². The van der Waals surface area contributed by atoms with Crippen molar-refractivity contribution in [3.8, 4) is 0 Å². The van der Waals surface area contributed by atoms with Crippen LogP contribution in [0.5, 0.6) is 0 Å². The second kappa shape index (κ2) is 7.17. The summed E-state index contributed by atoms with van der Waals surface area (Å²) in [7, 11) is 0. The van der Waals surface area contributed by atoms with Crippen molar-refractivity contribution >= 4 is 43.6 Å². The number of rotatable bonds is 2. The minimum absolute atomic E-state index is 0.0172. The Kier molecular flexibility index (Phi) is 4.24. The van der Waals surface area contributed by atoms with Gasteiger partial charge in [-0.15, -0.1) is 0 Å². The van der Waals surface area contributed by atoms with E-state index in [4.69, 9.17) is 0 Å². The summed E-state index contributed by atoms with van der Waals surface area (Å²) in [6.07, 6.45) is 0. The monoisotopic (exact) mass is 430 g/mol. The molecule has 0 atom stereocenters. The molecule has 0 bridgehead atoms. The number of nitrogens with zero attached hydrogens (tertiary/aromatic N) is 1. The highest BCUT2D eigenvalue weighted by atomic mass is 16.1. The van der Waals surface area contributed by atoms with E-state index in [0.717, 1.165) is 33.2 Å². The lowest BCUT2D eigenvalue weighted by Gasteiger charge is -2.17. The summed E-state index contributed by atoms with van der Waals surface area (Å²) in [6.45, 7) is 4.63. The molecule has 2 aromatic heterocycles. The minimum Gasteiger partial charge on any atom is -0.354 e. The first-order valence-electron chi connectivity index (χ1n) is 11.1. The minimum atomic E-state index is -0.0244. The number of hydrogen-bond donors (Lipinski definition) is 1. The summed E-state index contributed by atoms with van der Waals surface area (Å²) in [5, 5.41) is 2.54. The number of hydrogen-bond acceptors (Lipinski definition) is 2. The van der Waals surface area contributed by atoms with Crippen molar-refractivity contribution in [2.75, 3.05) is 0 Å². The van der Waals surface area contributed by atoms with Gasteiger partial charge in [-0.2, -0.15) is 0 Å². The summed E-state index contributed by atoms with van der Waals surface area (Å²) >= 11 is 0. The number of benzene rings is 4. The molecule has 6 aromatic rings. The highest BCUT2D eigenvalue weighted by Gasteiger charge is 2.15. The highest BCUT2D eigenvalue weighted by molar-refractivity contribution is 6.03. The van der Waals surface area contributed by atoms with Gasteiger partial charge in [-0.05, 0) is 66.9 Å². The van der Waals surface area contributed by atoms with Gasteiger partial charge >= 0.3 is 0 Å². The van der Waals surface area contributed by atoms with Crippen molar-refractivity contribution in [2.45, 2.75) is 20.4 Å². The van der Waals surface area contributed by atoms with Crippen LogP contribution < -0.4 is 10.9 Å². The second-order valence-electron chi connectivity index (χ2n) is 8.84. The Labute approximate surface area is 189 Å². The third-order valence-corrected chi connectivity index (χ3v) is 6.48. The van der Waals surface area contributed by atoms with Crippen LogP contribution in [0.4, 0.5) is 0 Å². The molecule has 0 radical (unpaired) electrons. The fourth-order valence-electron chi connectivity index (χ4n) is 4.80. The molecular weight excluding hydrogens is 408 g/mol. The first-order valence-corrected chi connectivity index (χ1v) is 11.1. The van der Waals surface area contributed by atoms with Crippen LogP contribution in [0.25, 0.3) is 43.6 Å². The van der Waals surface area contributed by atoms with Gasteiger partial charge in [0.05, 0.1) is 16.6 Å². The van der Waals surface area contributed by atoms with Gasteiger partial charge in [0.25, 0.3) is 0 Å². The molecule has 4 heteroatoms. The van der Waals surface area contributed by atoms with Gasteiger partial charge < -0.3 is 9.55 Å². The van der Waals surface area contributed by atoms with Crippen LogP contribution >= 0.6 is 0 Å². The van der Waals surface area contributed by atoms with Crippen molar-refractivity contribution in [3.05, 3.63) is 116 Å². The van der Waals surface area contributed by atoms with Gasteiger partial charge in [0.15, 0.2) is 10.9 Å². The van der Waals surface area contributed by atoms with Crippen LogP contribution in [-0.4, -0.2) is 9.55 Å². The van der Waals surface area contributed by atoms with E-state index in [1.165, 1.54) is 0 Å². The fraction of sp³-hybridized carbons (Fsp3) is 0.103. The lowest BCUT2D eigenvalue weighted by atomic mass is 10.0. The molecule has 4 nitrogen and oxygen atoms in total. The van der Waals surface area contributed by atoms with Crippen LogP contribution in [0.15, 0.2) is 88.5 Å². The zero-order valence-corrected chi connectivity index (χ0v) is 18.5. The van der Waals surface area contributed by atoms with Crippen molar-refractivity contribution < 1.29 is 0 Å². The number of fused-ring (bicyclic) bond motifs is 4. The summed E-state index contributed by atoms with van der Waals surface area (Å²) in [6, 6.07) is 25.6. The molecule has 0 unspecified atom stereocenters. The summed E-state index contributed by atoms with van der Waals surface area (Å²) < 4.78 is 2.16. The smallest absolute Gasteiger partial charge is 0.197 e. The number of H-pyrrole nitrogens is 1. The van der Waals surface area contributed by atoms with Crippen LogP contribution in [0.2, 0.25) is 0 Å². The molecule has 33 heavy (non-hydrogen) atoms. The topological polar surface area (TPSA) is 54.9 Å². The Morgan fingerprint density at radius 2 is 1.27 bits per heavy atom. The maximum atomic E-state index is 13.5. The summed E-state index contributed by atoms with van der Waals surface area (Å²) in [5.74, 6) is 0. The van der Waals surface area contributed by atoms with E-state index < -0.39 is 0 Å². The number of nitrogens with one attached hydrogen (secondary N) is 1. The molecule has 1 N–H and O–H groups in total. The van der Waals surface area contributed by atoms with Gasteiger partial charge in [0.1, 0.15) is 0 Å². The van der Waals surface area contributed by atoms with E-state index in [2.05, 4.69) is 27.8 Å². The number of aryl methyl sites for hydroxylation is 2. The Bertz CT molecular complexity index is 1840. The van der Waals surface area contributed by atoms with Crippen LogP contribution in [0.3, 0.4) is 0 Å². The van der Waals surface area contributed by atoms with Gasteiger partial charge in [-0.25, -0.2) is 0 Å². The molecule has 0 spiro atoms. The van der Waals surface area contributed by atoms with E-state index in [1.54, 1.807) is 0 Å². The number of pyridine rings is 2. The molecule has 0 amide bonds. The predicted molar refractivity (Wildman–Crippen MR) is 136 cm³/mol. The van der Waals surface area contributed by atoms with Gasteiger partial charge in [0.2, 0.25) is 0 Å². The molecular formula is C29H22N2O2. The summed E-state index contributed by atoms with van der Waals surface area (Å²) in [4.78, 5) is 30.3. The van der Waals surface area contributed by atoms with Crippen molar-refractivity contribution in [1.29, 1.82) is 0 Å². The first-order chi connectivity index (χ1) is 16.0. The van der Waals surface area contributed by atoms with Crippen LogP contribution in [-0.2, 0) is 6.54 Å². The molecule has 0 fully saturated rings. The number of aromatic amines is 1. The third-order valence-electron chi connectivity index (χ3n) is 6.48. The lowest BCUT2D eigenvalue weighted by Crippen LogP contribution is -2.14. The normalized spacial score (nSPS) is 11.7. The molecule has 0 aliphatic heterocycles. The second-order valence-corrected chi connectivity index (χ2v) is 8.84. The van der Waals surface area contributed by atoms with Crippen molar-refractivity contribution in [1.82, 2.24) is 9.55 Å². The summed E-state index contributed by atoms with van der Waals surface area (Å²) in [5.41, 5.74) is 6.37. The standard InChI is InChI=1S/C29H22N2O2/c1-17-8-10-20-24(12-17)30-25-14-23-27(15-22(25)28(20)32)31(16-19-6-4-3-5-7-19)26-13-18(2)9-11-21(26)29(23)33/h3-15H,16H2,1-2H3,(H,30,32). The maximum absolute atomic E-state index is 13.5. The van der Waals surface area contributed by atoms with Gasteiger partial charge in [0, 0.05) is 33.6 Å². The van der Waals surface area contributed by atoms with Crippen molar-refractivity contribution in [3.63, 3.8) is 0 Å². The highest BCUT2D eigenvalue weighted by Crippen LogP contribution is 2.26. The average molecular weight is 431 g/mol. The molecule has 0 aliphatic carbocycles. The SMILES string of the molecule is Cc1ccc2c(=O)c3cc4c(cc3[nH]c2c1)c(=O)c1ccc(C)cc1n4Cc1ccccc1. The number of aromatic nitrogens is 2. The van der Waals surface area contributed by atoms with E-state index in [9.17, 15) is 9.59 Å². The molecule has 0 aliphatic rings. The Morgan fingerprint density at radius 3 is 2.06 bits per heavy atom. The zero-order chi connectivity index (χ0) is 22.7. The fourth-order valence-corrected chi connectivity index (χ4v) is 4.80. The maximum Gasteiger partial charge on any atom is 0.197 e. The largest absolute Gasteiger partial charge is 0.354 e. The van der Waals surface area contributed by atoms with Crippen molar-refractivity contribution in [2.24, 2.45) is 0 Å². The lowest BCUT2D eigenvalue weighted by molar-refractivity contribution is 0.862. The quantitative estimate of drug-likeness (QED) is 0.352. The zero-order valence-electron chi connectivity index (χ0n) is 18.5. The predicted octanol–water partition coefficient (Wildman–Crippen LogP) is 5.81. The average Bonchev–Trinajstić information content (AvgIpc) is 2.81. The molecule has 6 rings (SSSR count). The Morgan fingerprint density at radius 1 is 0.636 bits per heavy atom. The van der Waals surface area contributed by atoms with E-state index in [0.29, 0.717) is 33.6 Å². The molecule has 160 valence electrons. The Hall–Kier alpha value is -4.18. The van der Waals surface area contributed by atoms with Crippen LogP contribution in [0, 0.1) is 13.8 Å². The third kappa shape index (κ3) is 3.06.